The minimum absolute atomic E-state index is 0.220. The van der Waals surface area contributed by atoms with Gasteiger partial charge in [-0.05, 0) is 16.8 Å². The summed E-state index contributed by atoms with van der Waals surface area (Å²) in [5.41, 5.74) is 0. The second kappa shape index (κ2) is 4.81. The molecule has 0 saturated heterocycles. The van der Waals surface area contributed by atoms with Crippen LogP contribution in [0.4, 0.5) is 11.6 Å². The van der Waals surface area contributed by atoms with Crippen molar-refractivity contribution in [1.82, 2.24) is 9.55 Å². The molecule has 0 amide bonds. The van der Waals surface area contributed by atoms with E-state index in [0.29, 0.717) is 12.4 Å². The summed E-state index contributed by atoms with van der Waals surface area (Å²) in [5, 5.41) is 19.6. The highest BCUT2D eigenvalue weighted by Crippen LogP contribution is 2.27. The van der Waals surface area contributed by atoms with Gasteiger partial charge in [0.05, 0.1) is 0 Å². The Morgan fingerprint density at radius 3 is 2.65 bits per heavy atom. The van der Waals surface area contributed by atoms with Crippen molar-refractivity contribution in [3.05, 3.63) is 15.9 Å². The van der Waals surface area contributed by atoms with Gasteiger partial charge < -0.3 is 20.1 Å². The highest BCUT2D eigenvalue weighted by atomic mass is 16.6. The highest BCUT2D eigenvalue weighted by Gasteiger charge is 2.28. The predicted octanol–water partition coefficient (Wildman–Crippen LogP) is 0.640. The van der Waals surface area contributed by atoms with Crippen LogP contribution in [0.1, 0.15) is 12.7 Å². The molecule has 0 aromatic carbocycles. The Morgan fingerprint density at radius 2 is 2.24 bits per heavy atom. The van der Waals surface area contributed by atoms with Crippen LogP contribution in [0, 0.1) is 17.0 Å². The number of nitrogens with zero attached hydrogens (tertiary/aromatic N) is 4. The average molecular weight is 242 g/mol. The second-order valence-electron chi connectivity index (χ2n) is 3.56. The molecule has 1 N–H and O–H groups in total. The minimum Gasteiger partial charge on any atom is -0.480 e. The maximum Gasteiger partial charge on any atom is 0.406 e. The average Bonchev–Trinajstić information content (AvgIpc) is 2.54. The number of hydrogen-bond donors (Lipinski definition) is 1. The monoisotopic (exact) mass is 242 g/mol. The minimum atomic E-state index is -1.05. The Labute approximate surface area is 97.6 Å². The van der Waals surface area contributed by atoms with Crippen molar-refractivity contribution in [3.63, 3.8) is 0 Å². The fourth-order valence-corrected chi connectivity index (χ4v) is 1.69. The van der Waals surface area contributed by atoms with Crippen molar-refractivity contribution in [1.29, 1.82) is 0 Å². The van der Waals surface area contributed by atoms with Crippen LogP contribution >= 0.6 is 0 Å². The van der Waals surface area contributed by atoms with Gasteiger partial charge in [0.2, 0.25) is 11.6 Å². The van der Waals surface area contributed by atoms with Crippen LogP contribution in [0.15, 0.2) is 0 Å². The maximum absolute atomic E-state index is 10.8. The van der Waals surface area contributed by atoms with E-state index in [2.05, 4.69) is 4.98 Å². The van der Waals surface area contributed by atoms with E-state index in [1.54, 1.807) is 11.5 Å². The summed E-state index contributed by atoms with van der Waals surface area (Å²) in [6.45, 7) is 3.64. The van der Waals surface area contributed by atoms with Crippen molar-refractivity contribution in [2.24, 2.45) is 0 Å². The summed E-state index contributed by atoms with van der Waals surface area (Å²) in [6.07, 6.45) is 0. The van der Waals surface area contributed by atoms with Gasteiger partial charge in [0.15, 0.2) is 0 Å². The zero-order valence-corrected chi connectivity index (χ0v) is 9.88. The number of aliphatic carboxylic acids is 1. The summed E-state index contributed by atoms with van der Waals surface area (Å²) in [7, 11) is 1.49. The number of aromatic nitrogens is 2. The molecule has 94 valence electrons. The van der Waals surface area contributed by atoms with E-state index in [0.717, 1.165) is 0 Å². The van der Waals surface area contributed by atoms with Crippen LogP contribution in [-0.2, 0) is 11.3 Å². The van der Waals surface area contributed by atoms with Gasteiger partial charge >= 0.3 is 11.8 Å². The van der Waals surface area contributed by atoms with Gasteiger partial charge in [-0.25, -0.2) is 0 Å². The number of imidazole rings is 1. The first-order chi connectivity index (χ1) is 7.88. The number of rotatable bonds is 5. The summed E-state index contributed by atoms with van der Waals surface area (Å²) in [5.74, 6) is -0.653. The van der Waals surface area contributed by atoms with Gasteiger partial charge in [-0.3, -0.25) is 9.36 Å². The third-order valence-corrected chi connectivity index (χ3v) is 2.34. The molecule has 0 bridgehead atoms. The smallest absolute Gasteiger partial charge is 0.406 e. The van der Waals surface area contributed by atoms with Crippen LogP contribution in [0.5, 0.6) is 0 Å². The lowest BCUT2D eigenvalue weighted by Crippen LogP contribution is -2.28. The molecular weight excluding hydrogens is 228 g/mol. The molecule has 0 saturated carbocycles. The Morgan fingerprint density at radius 1 is 1.65 bits per heavy atom. The van der Waals surface area contributed by atoms with E-state index >= 15 is 0 Å². The van der Waals surface area contributed by atoms with Gasteiger partial charge in [0.25, 0.3) is 0 Å². The fraction of sp³-hybridized carbons (Fsp3) is 0.556. The molecule has 17 heavy (non-hydrogen) atoms. The quantitative estimate of drug-likeness (QED) is 0.600. The SMILES string of the molecule is CCn1c(C)nc([N+](=O)[O-])c1N(C)CC(=O)O. The molecule has 0 aliphatic rings. The molecule has 1 aromatic rings. The zero-order chi connectivity index (χ0) is 13.2. The maximum atomic E-state index is 10.8. The van der Waals surface area contributed by atoms with Crippen molar-refractivity contribution in [2.45, 2.75) is 20.4 Å². The molecular formula is C9H14N4O4. The Kier molecular flexibility index (Phi) is 3.66. The standard InChI is InChI=1S/C9H14N4O4/c1-4-12-6(2)10-8(13(16)17)9(12)11(3)5-7(14)15/h4-5H2,1-3H3,(H,14,15). The van der Waals surface area contributed by atoms with E-state index in [1.807, 2.05) is 6.92 Å². The zero-order valence-electron chi connectivity index (χ0n) is 9.88. The molecule has 0 spiro atoms. The number of nitro groups is 1. The summed E-state index contributed by atoms with van der Waals surface area (Å²) < 4.78 is 1.61. The number of hydrogen-bond acceptors (Lipinski definition) is 5. The summed E-state index contributed by atoms with van der Waals surface area (Å²) >= 11 is 0. The Bertz CT molecular complexity index is 454. The van der Waals surface area contributed by atoms with Crippen LogP contribution < -0.4 is 4.90 Å². The van der Waals surface area contributed by atoms with Gasteiger partial charge in [-0.15, -0.1) is 0 Å². The number of likely N-dealkylation sites (N-methyl/N-ethyl adjacent to an activating group) is 1. The molecule has 8 nitrogen and oxygen atoms in total. The van der Waals surface area contributed by atoms with Crippen molar-refractivity contribution in [2.75, 3.05) is 18.5 Å². The van der Waals surface area contributed by atoms with Gasteiger partial charge in [0, 0.05) is 20.5 Å². The molecule has 1 rings (SSSR count). The highest BCUT2D eigenvalue weighted by molar-refractivity contribution is 5.74. The van der Waals surface area contributed by atoms with E-state index in [-0.39, 0.29) is 18.2 Å². The van der Waals surface area contributed by atoms with E-state index < -0.39 is 10.9 Å². The van der Waals surface area contributed by atoms with Crippen LogP contribution in [0.3, 0.4) is 0 Å². The lowest BCUT2D eigenvalue weighted by Gasteiger charge is -2.17. The van der Waals surface area contributed by atoms with E-state index in [9.17, 15) is 14.9 Å². The lowest BCUT2D eigenvalue weighted by molar-refractivity contribution is -0.388. The van der Waals surface area contributed by atoms with Crippen molar-refractivity contribution in [3.8, 4) is 0 Å². The molecule has 8 heteroatoms. The molecule has 0 unspecified atom stereocenters. The van der Waals surface area contributed by atoms with Crippen LogP contribution in [-0.4, -0.2) is 39.1 Å². The molecule has 0 radical (unpaired) electrons. The van der Waals surface area contributed by atoms with Gasteiger partial charge in [-0.1, -0.05) is 0 Å². The van der Waals surface area contributed by atoms with Gasteiger partial charge in [0.1, 0.15) is 6.54 Å². The molecule has 0 atom stereocenters. The normalized spacial score (nSPS) is 10.3. The first-order valence-electron chi connectivity index (χ1n) is 5.02. The molecule has 1 aromatic heterocycles. The number of carbonyl (C=O) groups is 1. The lowest BCUT2D eigenvalue weighted by atomic mass is 10.5. The second-order valence-corrected chi connectivity index (χ2v) is 3.56. The number of aryl methyl sites for hydroxylation is 1. The third-order valence-electron chi connectivity index (χ3n) is 2.34. The first-order valence-corrected chi connectivity index (χ1v) is 5.02. The Hall–Kier alpha value is -2.12. The molecule has 1 heterocycles. The molecule has 0 aliphatic heterocycles. The summed E-state index contributed by atoms with van der Waals surface area (Å²) in [6, 6.07) is 0. The molecule has 0 fully saturated rings. The Balaban J connectivity index is 3.26. The number of carboxylic acid groups (broad SMARTS) is 1. The predicted molar refractivity (Wildman–Crippen MR) is 60.2 cm³/mol. The number of anilines is 1. The van der Waals surface area contributed by atoms with Crippen LogP contribution in [0.25, 0.3) is 0 Å². The number of carboxylic acids is 1. The largest absolute Gasteiger partial charge is 0.480 e. The molecule has 0 aliphatic carbocycles. The third kappa shape index (κ3) is 2.52. The van der Waals surface area contributed by atoms with E-state index in [1.165, 1.54) is 11.9 Å². The fourth-order valence-electron chi connectivity index (χ4n) is 1.69. The van der Waals surface area contributed by atoms with Crippen LogP contribution in [0.2, 0.25) is 0 Å². The van der Waals surface area contributed by atoms with Crippen molar-refractivity contribution < 1.29 is 14.8 Å². The van der Waals surface area contributed by atoms with E-state index in [4.69, 9.17) is 5.11 Å². The van der Waals surface area contributed by atoms with Gasteiger partial charge in [-0.2, -0.15) is 0 Å². The summed E-state index contributed by atoms with van der Waals surface area (Å²) in [4.78, 5) is 26.0. The first kappa shape index (κ1) is 12.9. The topological polar surface area (TPSA) is 101 Å². The van der Waals surface area contributed by atoms with Crippen molar-refractivity contribution >= 4 is 17.6 Å².